The first-order valence-corrected chi connectivity index (χ1v) is 7.14. The van der Waals surface area contributed by atoms with Crippen molar-refractivity contribution in [1.82, 2.24) is 10.3 Å². The van der Waals surface area contributed by atoms with E-state index in [0.717, 1.165) is 12.1 Å². The first-order chi connectivity index (χ1) is 9.97. The lowest BCUT2D eigenvalue weighted by atomic mass is 10.2. The van der Waals surface area contributed by atoms with Crippen molar-refractivity contribution >= 4 is 34.8 Å². The third kappa shape index (κ3) is 3.99. The Labute approximate surface area is 128 Å². The van der Waals surface area contributed by atoms with E-state index in [-0.39, 0.29) is 22.8 Å². The van der Waals surface area contributed by atoms with Crippen LogP contribution in [0.5, 0.6) is 0 Å². The number of aromatic carboxylic acids is 1. The topological polar surface area (TPSA) is 79.3 Å². The fourth-order valence-corrected chi connectivity index (χ4v) is 2.60. The molecule has 0 atom stereocenters. The van der Waals surface area contributed by atoms with E-state index in [0.29, 0.717) is 11.4 Å². The quantitative estimate of drug-likeness (QED) is 0.884. The number of nitrogens with zero attached hydrogens (tertiary/aromatic N) is 1. The van der Waals surface area contributed by atoms with Crippen LogP contribution in [0.1, 0.15) is 25.9 Å². The minimum atomic E-state index is -1.08. The third-order valence-electron chi connectivity index (χ3n) is 2.57. The van der Waals surface area contributed by atoms with Crippen LogP contribution in [0, 0.1) is 5.82 Å². The fraction of sp³-hybridized carbons (Fsp3) is 0.154. The minimum absolute atomic E-state index is 0.0112. The number of carboxylic acids is 1. The Morgan fingerprint density at radius 2 is 2.19 bits per heavy atom. The van der Waals surface area contributed by atoms with Gasteiger partial charge in [-0.2, -0.15) is 0 Å². The second-order valence-electron chi connectivity index (χ2n) is 4.06. The number of carbonyl (C=O) groups excluding carboxylic acids is 1. The average molecular weight is 329 g/mol. The Morgan fingerprint density at radius 3 is 2.81 bits per heavy atom. The fourth-order valence-electron chi connectivity index (χ4n) is 1.58. The number of hydrogen-bond acceptors (Lipinski definition) is 4. The second-order valence-corrected chi connectivity index (χ2v) is 5.41. The first-order valence-electron chi connectivity index (χ1n) is 5.88. The Morgan fingerprint density at radius 1 is 1.43 bits per heavy atom. The molecule has 0 aliphatic heterocycles. The van der Waals surface area contributed by atoms with Crippen LogP contribution in [-0.2, 0) is 6.42 Å². The molecule has 1 amide bonds. The standard InChI is InChI=1S/C13H10ClFN2O3S/c14-9-5-7(15)1-2-8(9)12(18)16-4-3-11-17-10(6-21-11)13(19)20/h1-2,5-6H,3-4H2,(H,16,18)(H,19,20). The van der Waals surface area contributed by atoms with Crippen LogP contribution in [-0.4, -0.2) is 28.5 Å². The van der Waals surface area contributed by atoms with E-state index in [1.165, 1.54) is 22.8 Å². The van der Waals surface area contributed by atoms with Crippen molar-refractivity contribution in [2.24, 2.45) is 0 Å². The van der Waals surface area contributed by atoms with Gasteiger partial charge in [-0.1, -0.05) is 11.6 Å². The highest BCUT2D eigenvalue weighted by Gasteiger charge is 2.12. The van der Waals surface area contributed by atoms with Gasteiger partial charge in [0.15, 0.2) is 5.69 Å². The molecule has 5 nitrogen and oxygen atoms in total. The van der Waals surface area contributed by atoms with Crippen molar-refractivity contribution in [1.29, 1.82) is 0 Å². The highest BCUT2D eigenvalue weighted by Crippen LogP contribution is 2.17. The van der Waals surface area contributed by atoms with Gasteiger partial charge in [-0.05, 0) is 18.2 Å². The summed E-state index contributed by atoms with van der Waals surface area (Å²) in [4.78, 5) is 26.4. The number of amides is 1. The zero-order valence-electron chi connectivity index (χ0n) is 10.6. The number of halogens is 2. The summed E-state index contributed by atoms with van der Waals surface area (Å²) in [5.41, 5.74) is 0.173. The monoisotopic (exact) mass is 328 g/mol. The smallest absolute Gasteiger partial charge is 0.355 e. The number of carboxylic acid groups (broad SMARTS) is 1. The summed E-state index contributed by atoms with van der Waals surface area (Å²) >= 11 is 6.99. The molecule has 0 aliphatic rings. The number of carbonyl (C=O) groups is 2. The third-order valence-corrected chi connectivity index (χ3v) is 3.79. The molecule has 0 radical (unpaired) electrons. The summed E-state index contributed by atoms with van der Waals surface area (Å²) in [7, 11) is 0. The molecule has 1 aromatic carbocycles. The summed E-state index contributed by atoms with van der Waals surface area (Å²) in [6.45, 7) is 0.277. The van der Waals surface area contributed by atoms with Gasteiger partial charge < -0.3 is 10.4 Å². The summed E-state index contributed by atoms with van der Waals surface area (Å²) in [5.74, 6) is -2.02. The van der Waals surface area contributed by atoms with Gasteiger partial charge in [-0.3, -0.25) is 4.79 Å². The van der Waals surface area contributed by atoms with Crippen molar-refractivity contribution in [2.45, 2.75) is 6.42 Å². The van der Waals surface area contributed by atoms with E-state index in [9.17, 15) is 14.0 Å². The summed E-state index contributed by atoms with van der Waals surface area (Å²) < 4.78 is 12.9. The largest absolute Gasteiger partial charge is 0.476 e. The maximum absolute atomic E-state index is 12.9. The maximum Gasteiger partial charge on any atom is 0.355 e. The van der Waals surface area contributed by atoms with E-state index in [4.69, 9.17) is 16.7 Å². The lowest BCUT2D eigenvalue weighted by Gasteiger charge is -2.05. The zero-order chi connectivity index (χ0) is 15.4. The van der Waals surface area contributed by atoms with E-state index in [1.807, 2.05) is 0 Å². The number of aromatic nitrogens is 1. The molecule has 0 aliphatic carbocycles. The van der Waals surface area contributed by atoms with Crippen LogP contribution in [0.15, 0.2) is 23.6 Å². The van der Waals surface area contributed by atoms with E-state index < -0.39 is 17.7 Å². The van der Waals surface area contributed by atoms with Crippen LogP contribution >= 0.6 is 22.9 Å². The number of benzene rings is 1. The molecule has 21 heavy (non-hydrogen) atoms. The van der Waals surface area contributed by atoms with Crippen LogP contribution in [0.25, 0.3) is 0 Å². The Bertz CT molecular complexity index is 690. The first kappa shape index (κ1) is 15.4. The van der Waals surface area contributed by atoms with Crippen LogP contribution in [0.4, 0.5) is 4.39 Å². The molecule has 1 heterocycles. The summed E-state index contributed by atoms with van der Waals surface area (Å²) in [6, 6.07) is 3.52. The number of thiazole rings is 1. The summed E-state index contributed by atoms with van der Waals surface area (Å²) in [5, 5.41) is 13.4. The molecular formula is C13H10ClFN2O3S. The molecule has 0 saturated carbocycles. The lowest BCUT2D eigenvalue weighted by Crippen LogP contribution is -2.26. The molecule has 2 rings (SSSR count). The molecule has 110 valence electrons. The van der Waals surface area contributed by atoms with Crippen molar-refractivity contribution in [3.63, 3.8) is 0 Å². The Kier molecular flexibility index (Phi) is 4.87. The van der Waals surface area contributed by atoms with Gasteiger partial charge in [0.1, 0.15) is 5.82 Å². The van der Waals surface area contributed by atoms with Crippen molar-refractivity contribution < 1.29 is 19.1 Å². The molecule has 8 heteroatoms. The van der Waals surface area contributed by atoms with Crippen molar-refractivity contribution in [2.75, 3.05) is 6.54 Å². The van der Waals surface area contributed by atoms with Crippen molar-refractivity contribution in [3.05, 3.63) is 50.7 Å². The summed E-state index contributed by atoms with van der Waals surface area (Å²) in [6.07, 6.45) is 0.405. The maximum atomic E-state index is 12.9. The number of rotatable bonds is 5. The van der Waals surface area contributed by atoms with Crippen LogP contribution in [0.3, 0.4) is 0 Å². The van der Waals surface area contributed by atoms with Gasteiger partial charge in [-0.25, -0.2) is 14.2 Å². The molecule has 2 aromatic rings. The van der Waals surface area contributed by atoms with E-state index in [2.05, 4.69) is 10.3 Å². The molecule has 0 bridgehead atoms. The van der Waals surface area contributed by atoms with Gasteiger partial charge >= 0.3 is 5.97 Å². The molecule has 0 saturated heterocycles. The molecule has 0 fully saturated rings. The molecule has 0 spiro atoms. The van der Waals surface area contributed by atoms with E-state index in [1.54, 1.807) is 0 Å². The highest BCUT2D eigenvalue weighted by atomic mass is 35.5. The van der Waals surface area contributed by atoms with Crippen molar-refractivity contribution in [3.8, 4) is 0 Å². The number of nitrogens with one attached hydrogen (secondary N) is 1. The predicted octanol–water partition coefficient (Wildman–Crippen LogP) is 2.61. The Balaban J connectivity index is 1.90. The second kappa shape index (κ2) is 6.64. The van der Waals surface area contributed by atoms with Gasteiger partial charge in [0.2, 0.25) is 0 Å². The lowest BCUT2D eigenvalue weighted by molar-refractivity contribution is 0.0690. The predicted molar refractivity (Wildman–Crippen MR) is 76.5 cm³/mol. The normalized spacial score (nSPS) is 10.4. The average Bonchev–Trinajstić information content (AvgIpc) is 2.87. The van der Waals surface area contributed by atoms with Crippen LogP contribution < -0.4 is 5.32 Å². The minimum Gasteiger partial charge on any atom is -0.476 e. The molecule has 1 aromatic heterocycles. The van der Waals surface area contributed by atoms with Gasteiger partial charge in [0.25, 0.3) is 5.91 Å². The Hall–Kier alpha value is -1.99. The van der Waals surface area contributed by atoms with E-state index >= 15 is 0 Å². The SMILES string of the molecule is O=C(O)c1csc(CCNC(=O)c2ccc(F)cc2Cl)n1. The molecule has 2 N–H and O–H groups in total. The molecule has 0 unspecified atom stereocenters. The van der Waals surface area contributed by atoms with Gasteiger partial charge in [0, 0.05) is 18.3 Å². The molecular weight excluding hydrogens is 319 g/mol. The number of hydrogen-bond donors (Lipinski definition) is 2. The zero-order valence-corrected chi connectivity index (χ0v) is 12.2. The van der Waals surface area contributed by atoms with Gasteiger partial charge in [-0.15, -0.1) is 11.3 Å². The highest BCUT2D eigenvalue weighted by molar-refractivity contribution is 7.09. The van der Waals surface area contributed by atoms with Crippen LogP contribution in [0.2, 0.25) is 5.02 Å². The van der Waals surface area contributed by atoms with Gasteiger partial charge in [0.05, 0.1) is 15.6 Å².